The average Bonchev–Trinajstić information content (AvgIpc) is 2.64. The highest BCUT2D eigenvalue weighted by Crippen LogP contribution is 2.24. The van der Waals surface area contributed by atoms with Gasteiger partial charge in [-0.15, -0.1) is 4.33 Å². The summed E-state index contributed by atoms with van der Waals surface area (Å²) >= 11 is 0.892. The summed E-state index contributed by atoms with van der Waals surface area (Å²) in [6, 6.07) is 7.36. The van der Waals surface area contributed by atoms with E-state index in [1.165, 1.54) is 0 Å². The molecule has 0 saturated carbocycles. The van der Waals surface area contributed by atoms with Crippen molar-refractivity contribution in [1.82, 2.24) is 9.78 Å². The van der Waals surface area contributed by atoms with Crippen LogP contribution in [0, 0.1) is 13.8 Å². The zero-order chi connectivity index (χ0) is 13.1. The summed E-state index contributed by atoms with van der Waals surface area (Å²) in [7, 11) is 0. The molecule has 3 N–H and O–H groups in total. The molecular formula is C11H13N3O3S. The summed E-state index contributed by atoms with van der Waals surface area (Å²) in [5, 5.41) is 16.0. The van der Waals surface area contributed by atoms with E-state index in [4.69, 9.17) is 11.0 Å². The number of anilines is 1. The van der Waals surface area contributed by atoms with Crippen LogP contribution in [0.5, 0.6) is 0 Å². The maximum Gasteiger partial charge on any atom is 0.130 e. The molecule has 6 nitrogen and oxygen atoms in total. The second kappa shape index (κ2) is 5.40. The predicted octanol–water partition coefficient (Wildman–Crippen LogP) is 2.50. The molecule has 0 saturated heterocycles. The van der Waals surface area contributed by atoms with Crippen LogP contribution in [-0.4, -0.2) is 15.0 Å². The van der Waals surface area contributed by atoms with Crippen LogP contribution in [0.3, 0.4) is 0 Å². The maximum atomic E-state index is 8.12. The van der Waals surface area contributed by atoms with E-state index in [0.29, 0.717) is 5.82 Å². The Morgan fingerprint density at radius 1 is 1.39 bits per heavy atom. The zero-order valence-electron chi connectivity index (χ0n) is 9.95. The molecule has 0 amide bonds. The number of aromatic nitrogens is 2. The SMILES string of the molecule is Cc1nn(-c2cccc(SOOO)c2)c(N)c1C. The van der Waals surface area contributed by atoms with Gasteiger partial charge in [0.15, 0.2) is 0 Å². The van der Waals surface area contributed by atoms with Gasteiger partial charge in [0.25, 0.3) is 0 Å². The number of aryl methyl sites for hydroxylation is 1. The van der Waals surface area contributed by atoms with Crippen molar-refractivity contribution in [2.75, 3.05) is 5.73 Å². The normalized spacial score (nSPS) is 10.8. The molecule has 0 bridgehead atoms. The molecular weight excluding hydrogens is 254 g/mol. The Kier molecular flexibility index (Phi) is 3.87. The fraction of sp³-hybridized carbons (Fsp3) is 0.182. The molecule has 1 aromatic carbocycles. The van der Waals surface area contributed by atoms with Crippen LogP contribution in [0.4, 0.5) is 5.82 Å². The van der Waals surface area contributed by atoms with Gasteiger partial charge in [-0.3, -0.25) is 0 Å². The van der Waals surface area contributed by atoms with Crippen molar-refractivity contribution < 1.29 is 14.6 Å². The molecule has 0 radical (unpaired) electrons. The maximum absolute atomic E-state index is 8.12. The molecule has 0 atom stereocenters. The Morgan fingerprint density at radius 2 is 2.17 bits per heavy atom. The molecule has 2 aromatic rings. The number of nitrogens with zero attached hydrogens (tertiary/aromatic N) is 2. The Labute approximate surface area is 108 Å². The third kappa shape index (κ3) is 2.49. The van der Waals surface area contributed by atoms with Crippen LogP contribution in [0.1, 0.15) is 11.3 Å². The van der Waals surface area contributed by atoms with Gasteiger partial charge in [-0.25, -0.2) is 9.94 Å². The van der Waals surface area contributed by atoms with Gasteiger partial charge in [-0.05, 0) is 32.0 Å². The minimum Gasteiger partial charge on any atom is -0.383 e. The second-order valence-corrected chi connectivity index (χ2v) is 4.50. The summed E-state index contributed by atoms with van der Waals surface area (Å²) in [4.78, 5) is 0.756. The molecule has 7 heteroatoms. The van der Waals surface area contributed by atoms with Crippen LogP contribution < -0.4 is 5.73 Å². The molecule has 0 aliphatic carbocycles. The summed E-state index contributed by atoms with van der Waals surface area (Å²) < 4.78 is 6.04. The number of nitrogen functional groups attached to an aromatic ring is 1. The van der Waals surface area contributed by atoms with Crippen molar-refractivity contribution >= 4 is 17.9 Å². The molecule has 0 unspecified atom stereocenters. The Bertz CT molecular complexity index is 556. The summed E-state index contributed by atoms with van der Waals surface area (Å²) in [5.41, 5.74) is 8.65. The lowest BCUT2D eigenvalue weighted by Crippen LogP contribution is -2.02. The van der Waals surface area contributed by atoms with Gasteiger partial charge < -0.3 is 5.73 Å². The van der Waals surface area contributed by atoms with E-state index >= 15 is 0 Å². The van der Waals surface area contributed by atoms with E-state index in [-0.39, 0.29) is 0 Å². The Morgan fingerprint density at radius 3 is 2.78 bits per heavy atom. The van der Waals surface area contributed by atoms with Gasteiger partial charge in [0, 0.05) is 10.5 Å². The highest BCUT2D eigenvalue weighted by atomic mass is 32.2. The van der Waals surface area contributed by atoms with Gasteiger partial charge in [0.1, 0.15) is 5.82 Å². The minimum absolute atomic E-state index is 0.606. The standard InChI is InChI=1S/C11H13N3O3S/c1-7-8(2)13-14(11(7)12)9-4-3-5-10(6-9)18-17-16-15/h3-6,15H,12H2,1-2H3. The quantitative estimate of drug-likeness (QED) is 0.503. The van der Waals surface area contributed by atoms with Gasteiger partial charge in [-0.1, -0.05) is 11.1 Å². The van der Waals surface area contributed by atoms with E-state index in [1.807, 2.05) is 38.1 Å². The van der Waals surface area contributed by atoms with Crippen LogP contribution >= 0.6 is 12.0 Å². The third-order valence-corrected chi connectivity index (χ3v) is 3.20. The van der Waals surface area contributed by atoms with E-state index in [0.717, 1.165) is 33.9 Å². The van der Waals surface area contributed by atoms with E-state index in [9.17, 15) is 0 Å². The Balaban J connectivity index is 2.35. The number of hydrogen-bond donors (Lipinski definition) is 2. The van der Waals surface area contributed by atoms with Crippen molar-refractivity contribution in [3.8, 4) is 5.69 Å². The highest BCUT2D eigenvalue weighted by molar-refractivity contribution is 7.94. The molecule has 0 fully saturated rings. The number of benzene rings is 1. The molecule has 96 valence electrons. The lowest BCUT2D eigenvalue weighted by atomic mass is 10.3. The molecule has 1 heterocycles. The first-order valence-corrected chi connectivity index (χ1v) is 5.94. The molecule has 1 aromatic heterocycles. The fourth-order valence-corrected chi connectivity index (χ4v) is 1.95. The van der Waals surface area contributed by atoms with Crippen molar-refractivity contribution in [3.63, 3.8) is 0 Å². The van der Waals surface area contributed by atoms with Crippen LogP contribution in [-0.2, 0) is 9.37 Å². The molecule has 0 aliphatic rings. The van der Waals surface area contributed by atoms with Gasteiger partial charge >= 0.3 is 0 Å². The smallest absolute Gasteiger partial charge is 0.130 e. The average molecular weight is 267 g/mol. The largest absolute Gasteiger partial charge is 0.383 e. The molecule has 0 spiro atoms. The number of rotatable bonds is 4. The number of nitrogens with two attached hydrogens (primary N) is 1. The van der Waals surface area contributed by atoms with Crippen molar-refractivity contribution in [1.29, 1.82) is 0 Å². The van der Waals surface area contributed by atoms with E-state index < -0.39 is 0 Å². The molecule has 0 aliphatic heterocycles. The summed E-state index contributed by atoms with van der Waals surface area (Å²) in [6.07, 6.45) is 0. The van der Waals surface area contributed by atoms with Gasteiger partial charge in [0.05, 0.1) is 23.4 Å². The van der Waals surface area contributed by atoms with Gasteiger partial charge in [-0.2, -0.15) is 5.10 Å². The molecule has 18 heavy (non-hydrogen) atoms. The third-order valence-electron chi connectivity index (χ3n) is 2.63. The monoisotopic (exact) mass is 267 g/mol. The lowest BCUT2D eigenvalue weighted by molar-refractivity contribution is -0.432. The first-order chi connectivity index (χ1) is 8.63. The minimum atomic E-state index is 0.606. The molecule has 2 rings (SSSR count). The fourth-order valence-electron chi connectivity index (χ4n) is 1.54. The number of hydrogen-bond acceptors (Lipinski definition) is 6. The Hall–Kier alpha value is -1.54. The topological polar surface area (TPSA) is 82.5 Å². The summed E-state index contributed by atoms with van der Waals surface area (Å²) in [5.74, 6) is 0.606. The van der Waals surface area contributed by atoms with Crippen molar-refractivity contribution in [3.05, 3.63) is 35.5 Å². The van der Waals surface area contributed by atoms with E-state index in [1.54, 1.807) is 4.68 Å². The zero-order valence-corrected chi connectivity index (χ0v) is 10.8. The van der Waals surface area contributed by atoms with E-state index in [2.05, 4.69) is 14.5 Å². The van der Waals surface area contributed by atoms with Crippen molar-refractivity contribution in [2.24, 2.45) is 0 Å². The van der Waals surface area contributed by atoms with Crippen LogP contribution in [0.2, 0.25) is 0 Å². The lowest BCUT2D eigenvalue weighted by Gasteiger charge is -2.05. The first-order valence-electron chi connectivity index (χ1n) is 5.20. The van der Waals surface area contributed by atoms with Crippen molar-refractivity contribution in [2.45, 2.75) is 18.7 Å². The predicted molar refractivity (Wildman–Crippen MR) is 68.1 cm³/mol. The second-order valence-electron chi connectivity index (χ2n) is 3.73. The first kappa shape index (κ1) is 12.9. The highest BCUT2D eigenvalue weighted by Gasteiger charge is 2.10. The van der Waals surface area contributed by atoms with Crippen LogP contribution in [0.25, 0.3) is 5.69 Å². The summed E-state index contributed by atoms with van der Waals surface area (Å²) in [6.45, 7) is 3.83. The van der Waals surface area contributed by atoms with Gasteiger partial charge in [0.2, 0.25) is 0 Å². The van der Waals surface area contributed by atoms with Crippen LogP contribution in [0.15, 0.2) is 29.2 Å².